The summed E-state index contributed by atoms with van der Waals surface area (Å²) in [6.07, 6.45) is 0. The monoisotopic (exact) mass is 329 g/mol. The second-order valence-corrected chi connectivity index (χ2v) is 5.35. The lowest BCUT2D eigenvalue weighted by molar-refractivity contribution is 0.406. The van der Waals surface area contributed by atoms with E-state index in [1.807, 2.05) is 6.92 Å². The maximum atomic E-state index is 13.2. The maximum absolute atomic E-state index is 13.2. The molecule has 0 aromatic heterocycles. The highest BCUT2D eigenvalue weighted by molar-refractivity contribution is 6.39. The predicted octanol–water partition coefficient (Wildman–Crippen LogP) is 5.02. The molecular weight excluding hydrogens is 316 g/mol. The van der Waals surface area contributed by atoms with Crippen LogP contribution in [0.1, 0.15) is 18.5 Å². The third-order valence-electron chi connectivity index (χ3n) is 3.07. The third kappa shape index (κ3) is 3.52. The smallest absolute Gasteiger partial charge is 0.126 e. The van der Waals surface area contributed by atoms with Crippen molar-refractivity contribution in [2.24, 2.45) is 0 Å². The van der Waals surface area contributed by atoms with E-state index in [9.17, 15) is 9.50 Å². The number of phenolic OH excluding ortho intramolecular Hbond substituents is 1. The van der Waals surface area contributed by atoms with Crippen LogP contribution in [0.25, 0.3) is 0 Å². The first-order valence-electron chi connectivity index (χ1n) is 6.20. The molecule has 0 radical (unpaired) electrons. The van der Waals surface area contributed by atoms with Gasteiger partial charge in [0.2, 0.25) is 0 Å². The summed E-state index contributed by atoms with van der Waals surface area (Å²) in [5.41, 5.74) is 1.06. The zero-order chi connectivity index (χ0) is 15.6. The summed E-state index contributed by atoms with van der Waals surface area (Å²) < 4.78 is 18.2. The topological polar surface area (TPSA) is 41.5 Å². The van der Waals surface area contributed by atoms with E-state index in [2.05, 4.69) is 5.32 Å². The Balaban J connectivity index is 2.28. The molecular formula is C15H14Cl2FNO2. The van der Waals surface area contributed by atoms with Crippen molar-refractivity contribution in [1.29, 1.82) is 0 Å². The average molecular weight is 330 g/mol. The van der Waals surface area contributed by atoms with Gasteiger partial charge in [-0.25, -0.2) is 4.39 Å². The van der Waals surface area contributed by atoms with Crippen LogP contribution in [-0.4, -0.2) is 12.2 Å². The summed E-state index contributed by atoms with van der Waals surface area (Å²) in [7, 11) is 1.52. The molecule has 3 nitrogen and oxygen atoms in total. The van der Waals surface area contributed by atoms with E-state index >= 15 is 0 Å². The average Bonchev–Trinajstić information content (AvgIpc) is 2.42. The zero-order valence-electron chi connectivity index (χ0n) is 11.5. The van der Waals surface area contributed by atoms with Gasteiger partial charge in [-0.1, -0.05) is 23.2 Å². The Morgan fingerprint density at radius 3 is 2.33 bits per heavy atom. The maximum Gasteiger partial charge on any atom is 0.126 e. The molecule has 0 bridgehead atoms. The van der Waals surface area contributed by atoms with E-state index in [1.54, 1.807) is 12.1 Å². The molecule has 0 aliphatic carbocycles. The number of halogens is 3. The number of benzene rings is 2. The van der Waals surface area contributed by atoms with E-state index in [4.69, 9.17) is 27.9 Å². The summed E-state index contributed by atoms with van der Waals surface area (Å²) in [6.45, 7) is 1.83. The molecule has 0 heterocycles. The number of aromatic hydroxyl groups is 1. The van der Waals surface area contributed by atoms with Crippen molar-refractivity contribution in [2.45, 2.75) is 13.0 Å². The van der Waals surface area contributed by atoms with Crippen LogP contribution in [0.4, 0.5) is 10.1 Å². The summed E-state index contributed by atoms with van der Waals surface area (Å²) >= 11 is 12.0. The number of hydrogen-bond acceptors (Lipinski definition) is 3. The second-order valence-electron chi connectivity index (χ2n) is 4.54. The second kappa shape index (κ2) is 6.41. The molecule has 6 heteroatoms. The fourth-order valence-corrected chi connectivity index (χ4v) is 2.56. The van der Waals surface area contributed by atoms with Crippen molar-refractivity contribution in [3.63, 3.8) is 0 Å². The van der Waals surface area contributed by atoms with Gasteiger partial charge in [0.1, 0.15) is 17.3 Å². The van der Waals surface area contributed by atoms with Crippen LogP contribution in [0.2, 0.25) is 10.0 Å². The van der Waals surface area contributed by atoms with Crippen molar-refractivity contribution in [3.05, 3.63) is 51.8 Å². The molecule has 0 amide bonds. The van der Waals surface area contributed by atoms with Crippen LogP contribution in [-0.2, 0) is 0 Å². The highest BCUT2D eigenvalue weighted by atomic mass is 35.5. The molecule has 0 saturated heterocycles. The van der Waals surface area contributed by atoms with Gasteiger partial charge in [-0.3, -0.25) is 0 Å². The van der Waals surface area contributed by atoms with E-state index in [1.165, 1.54) is 25.3 Å². The van der Waals surface area contributed by atoms with Crippen molar-refractivity contribution in [3.8, 4) is 11.5 Å². The van der Waals surface area contributed by atoms with Gasteiger partial charge < -0.3 is 15.2 Å². The van der Waals surface area contributed by atoms with Crippen LogP contribution < -0.4 is 10.1 Å². The third-order valence-corrected chi connectivity index (χ3v) is 3.67. The first-order valence-corrected chi connectivity index (χ1v) is 6.96. The Bertz CT molecular complexity index is 641. The number of methoxy groups -OCH3 is 1. The van der Waals surface area contributed by atoms with Crippen molar-refractivity contribution in [2.75, 3.05) is 12.4 Å². The number of nitrogens with one attached hydrogen (secondary N) is 1. The number of rotatable bonds is 4. The van der Waals surface area contributed by atoms with Gasteiger partial charge in [0.15, 0.2) is 0 Å². The molecule has 21 heavy (non-hydrogen) atoms. The lowest BCUT2D eigenvalue weighted by Crippen LogP contribution is -2.08. The molecule has 0 aliphatic rings. The van der Waals surface area contributed by atoms with Crippen molar-refractivity contribution < 1.29 is 14.2 Å². The Morgan fingerprint density at radius 1 is 1.19 bits per heavy atom. The Kier molecular flexibility index (Phi) is 4.80. The summed E-state index contributed by atoms with van der Waals surface area (Å²) in [6, 6.07) is 7.06. The van der Waals surface area contributed by atoms with Gasteiger partial charge in [0.25, 0.3) is 0 Å². The SMILES string of the molecule is COc1ccc(C(C)Nc2c(Cl)cc(F)cc2Cl)c(O)c1. The minimum absolute atomic E-state index is 0.0868. The van der Waals surface area contributed by atoms with Crippen molar-refractivity contribution >= 4 is 28.9 Å². The molecule has 0 saturated carbocycles. The summed E-state index contributed by atoms with van der Waals surface area (Å²) in [5, 5.41) is 13.4. The fourth-order valence-electron chi connectivity index (χ4n) is 1.99. The highest BCUT2D eigenvalue weighted by Gasteiger charge is 2.15. The van der Waals surface area contributed by atoms with E-state index in [0.717, 1.165) is 0 Å². The van der Waals surface area contributed by atoms with Crippen LogP contribution in [0, 0.1) is 5.82 Å². The van der Waals surface area contributed by atoms with E-state index in [-0.39, 0.29) is 21.8 Å². The summed E-state index contributed by atoms with van der Waals surface area (Å²) in [5.74, 6) is 0.139. The van der Waals surface area contributed by atoms with Gasteiger partial charge in [-0.15, -0.1) is 0 Å². The molecule has 2 N–H and O–H groups in total. The molecule has 1 unspecified atom stereocenters. The summed E-state index contributed by atoms with van der Waals surface area (Å²) in [4.78, 5) is 0. The molecule has 0 spiro atoms. The minimum atomic E-state index is -0.504. The fraction of sp³-hybridized carbons (Fsp3) is 0.200. The molecule has 0 aliphatic heterocycles. The van der Waals surface area contributed by atoms with Crippen LogP contribution in [0.3, 0.4) is 0 Å². The number of anilines is 1. The molecule has 2 rings (SSSR count). The standard InChI is InChI=1S/C15H14Cl2FNO2/c1-8(11-4-3-10(21-2)7-14(11)20)19-15-12(16)5-9(18)6-13(15)17/h3-8,19-20H,1-2H3. The first kappa shape index (κ1) is 15.7. The van der Waals surface area contributed by atoms with Crippen molar-refractivity contribution in [1.82, 2.24) is 0 Å². The molecule has 2 aromatic carbocycles. The number of phenols is 1. The van der Waals surface area contributed by atoms with Crippen LogP contribution >= 0.6 is 23.2 Å². The van der Waals surface area contributed by atoms with Gasteiger partial charge in [0, 0.05) is 11.6 Å². The Labute approximate surface area is 132 Å². The van der Waals surface area contributed by atoms with Crippen LogP contribution in [0.15, 0.2) is 30.3 Å². The lowest BCUT2D eigenvalue weighted by atomic mass is 10.1. The largest absolute Gasteiger partial charge is 0.507 e. The van der Waals surface area contributed by atoms with Gasteiger partial charge in [-0.2, -0.15) is 0 Å². The number of ether oxygens (including phenoxy) is 1. The zero-order valence-corrected chi connectivity index (χ0v) is 13.0. The lowest BCUT2D eigenvalue weighted by Gasteiger charge is -2.19. The first-order chi connectivity index (χ1) is 9.92. The molecule has 112 valence electrons. The molecule has 2 aromatic rings. The van der Waals surface area contributed by atoms with Crippen LogP contribution in [0.5, 0.6) is 11.5 Å². The minimum Gasteiger partial charge on any atom is -0.507 e. The normalized spacial score (nSPS) is 12.0. The molecule has 0 fully saturated rings. The highest BCUT2D eigenvalue weighted by Crippen LogP contribution is 2.36. The Hall–Kier alpha value is -1.65. The predicted molar refractivity (Wildman–Crippen MR) is 83.1 cm³/mol. The number of hydrogen-bond donors (Lipinski definition) is 2. The van der Waals surface area contributed by atoms with E-state index < -0.39 is 5.82 Å². The Morgan fingerprint density at radius 2 is 1.81 bits per heavy atom. The quantitative estimate of drug-likeness (QED) is 0.827. The van der Waals surface area contributed by atoms with E-state index in [0.29, 0.717) is 17.0 Å². The molecule has 1 atom stereocenters. The van der Waals surface area contributed by atoms with Gasteiger partial charge in [-0.05, 0) is 31.2 Å². The van der Waals surface area contributed by atoms with Gasteiger partial charge >= 0.3 is 0 Å². The van der Waals surface area contributed by atoms with Gasteiger partial charge in [0.05, 0.1) is 28.9 Å².